The molecule has 1 aliphatic carbocycles. The SMILES string of the molecule is CN(c1ncc(C2CCCC2)cn1)C1CCNC1. The molecule has 0 radical (unpaired) electrons. The van der Waals surface area contributed by atoms with E-state index in [1.165, 1.54) is 37.7 Å². The zero-order chi connectivity index (χ0) is 12.4. The van der Waals surface area contributed by atoms with Crippen molar-refractivity contribution in [2.24, 2.45) is 0 Å². The van der Waals surface area contributed by atoms with Crippen LogP contribution < -0.4 is 10.2 Å². The molecule has 1 aromatic heterocycles. The second-order valence-electron chi connectivity index (χ2n) is 5.56. The van der Waals surface area contributed by atoms with Gasteiger partial charge in [0, 0.05) is 32.0 Å². The van der Waals surface area contributed by atoms with Gasteiger partial charge in [-0.3, -0.25) is 0 Å². The van der Waals surface area contributed by atoms with Gasteiger partial charge in [0.25, 0.3) is 0 Å². The van der Waals surface area contributed by atoms with Crippen LogP contribution >= 0.6 is 0 Å². The maximum absolute atomic E-state index is 4.55. The summed E-state index contributed by atoms with van der Waals surface area (Å²) in [5, 5.41) is 3.38. The van der Waals surface area contributed by atoms with Crippen LogP contribution in [0.15, 0.2) is 12.4 Å². The van der Waals surface area contributed by atoms with Crippen molar-refractivity contribution < 1.29 is 0 Å². The molecule has 1 saturated carbocycles. The Morgan fingerprint density at radius 3 is 2.50 bits per heavy atom. The number of anilines is 1. The van der Waals surface area contributed by atoms with Crippen LogP contribution in [0, 0.1) is 0 Å². The van der Waals surface area contributed by atoms with Crippen LogP contribution in [0.1, 0.15) is 43.6 Å². The van der Waals surface area contributed by atoms with Crippen molar-refractivity contribution in [3.8, 4) is 0 Å². The molecule has 4 nitrogen and oxygen atoms in total. The lowest BCUT2D eigenvalue weighted by molar-refractivity contribution is 0.662. The van der Waals surface area contributed by atoms with Gasteiger partial charge in [-0.1, -0.05) is 12.8 Å². The van der Waals surface area contributed by atoms with E-state index in [9.17, 15) is 0 Å². The molecule has 0 amide bonds. The van der Waals surface area contributed by atoms with E-state index in [-0.39, 0.29) is 0 Å². The molecular weight excluding hydrogens is 224 g/mol. The van der Waals surface area contributed by atoms with Gasteiger partial charge in [-0.25, -0.2) is 9.97 Å². The van der Waals surface area contributed by atoms with E-state index in [0.29, 0.717) is 12.0 Å². The van der Waals surface area contributed by atoms with E-state index < -0.39 is 0 Å². The summed E-state index contributed by atoms with van der Waals surface area (Å²) >= 11 is 0. The normalized spacial score (nSPS) is 24.6. The number of nitrogens with one attached hydrogen (secondary N) is 1. The molecule has 1 saturated heterocycles. The summed E-state index contributed by atoms with van der Waals surface area (Å²) in [4.78, 5) is 11.3. The molecule has 2 heterocycles. The first-order valence-electron chi connectivity index (χ1n) is 7.10. The van der Waals surface area contributed by atoms with Crippen LogP contribution in [-0.2, 0) is 0 Å². The number of nitrogens with zero attached hydrogens (tertiary/aromatic N) is 3. The summed E-state index contributed by atoms with van der Waals surface area (Å²) < 4.78 is 0. The molecule has 1 aliphatic heterocycles. The second-order valence-corrected chi connectivity index (χ2v) is 5.56. The third-order valence-corrected chi connectivity index (χ3v) is 4.38. The molecule has 1 atom stereocenters. The number of hydrogen-bond donors (Lipinski definition) is 1. The highest BCUT2D eigenvalue weighted by Gasteiger charge is 2.22. The minimum absolute atomic E-state index is 0.544. The number of hydrogen-bond acceptors (Lipinski definition) is 4. The van der Waals surface area contributed by atoms with Crippen LogP contribution in [0.25, 0.3) is 0 Å². The summed E-state index contributed by atoms with van der Waals surface area (Å²) in [6, 6.07) is 0.544. The average Bonchev–Trinajstić information content (AvgIpc) is 3.11. The van der Waals surface area contributed by atoms with Crippen molar-refractivity contribution in [3.05, 3.63) is 18.0 Å². The van der Waals surface area contributed by atoms with Gasteiger partial charge >= 0.3 is 0 Å². The number of rotatable bonds is 3. The van der Waals surface area contributed by atoms with E-state index in [1.54, 1.807) is 0 Å². The summed E-state index contributed by atoms with van der Waals surface area (Å²) in [6.45, 7) is 2.15. The van der Waals surface area contributed by atoms with E-state index in [2.05, 4.69) is 27.2 Å². The van der Waals surface area contributed by atoms with Gasteiger partial charge in [-0.2, -0.15) is 0 Å². The summed E-state index contributed by atoms with van der Waals surface area (Å²) in [5.74, 6) is 1.57. The van der Waals surface area contributed by atoms with Gasteiger partial charge in [0.05, 0.1) is 0 Å². The highest BCUT2D eigenvalue weighted by Crippen LogP contribution is 2.33. The largest absolute Gasteiger partial charge is 0.340 e. The van der Waals surface area contributed by atoms with Crippen LogP contribution in [0.2, 0.25) is 0 Å². The number of aromatic nitrogens is 2. The topological polar surface area (TPSA) is 41.1 Å². The van der Waals surface area contributed by atoms with Gasteiger partial charge in [0.2, 0.25) is 5.95 Å². The molecule has 1 N–H and O–H groups in total. The summed E-state index contributed by atoms with van der Waals surface area (Å²) in [6.07, 6.45) is 10.6. The lowest BCUT2D eigenvalue weighted by atomic mass is 10.0. The Bertz CT molecular complexity index is 377. The highest BCUT2D eigenvalue weighted by atomic mass is 15.3. The van der Waals surface area contributed by atoms with Crippen molar-refractivity contribution in [2.45, 2.75) is 44.1 Å². The zero-order valence-electron chi connectivity index (χ0n) is 11.1. The van der Waals surface area contributed by atoms with Gasteiger partial charge in [0.15, 0.2) is 0 Å². The molecule has 0 bridgehead atoms. The molecule has 98 valence electrons. The summed E-state index contributed by atoms with van der Waals surface area (Å²) in [7, 11) is 2.10. The van der Waals surface area contributed by atoms with Gasteiger partial charge < -0.3 is 10.2 Å². The Morgan fingerprint density at radius 2 is 1.89 bits per heavy atom. The molecule has 3 rings (SSSR count). The maximum Gasteiger partial charge on any atom is 0.225 e. The molecule has 2 fully saturated rings. The Kier molecular flexibility index (Phi) is 3.46. The molecule has 18 heavy (non-hydrogen) atoms. The predicted molar refractivity (Wildman–Crippen MR) is 72.9 cm³/mol. The molecule has 1 aromatic rings. The monoisotopic (exact) mass is 246 g/mol. The van der Waals surface area contributed by atoms with Crippen molar-refractivity contribution in [3.63, 3.8) is 0 Å². The van der Waals surface area contributed by atoms with E-state index in [1.807, 2.05) is 12.4 Å². The molecular formula is C14H22N4. The Labute approximate surface area is 109 Å². The van der Waals surface area contributed by atoms with Crippen LogP contribution in [0.4, 0.5) is 5.95 Å². The second kappa shape index (κ2) is 5.22. The minimum atomic E-state index is 0.544. The average molecular weight is 246 g/mol. The van der Waals surface area contributed by atoms with E-state index in [0.717, 1.165) is 19.0 Å². The van der Waals surface area contributed by atoms with Crippen molar-refractivity contribution in [2.75, 3.05) is 25.0 Å². The van der Waals surface area contributed by atoms with Crippen LogP contribution in [0.3, 0.4) is 0 Å². The third-order valence-electron chi connectivity index (χ3n) is 4.38. The van der Waals surface area contributed by atoms with E-state index >= 15 is 0 Å². The van der Waals surface area contributed by atoms with Gasteiger partial charge in [-0.15, -0.1) is 0 Å². The third kappa shape index (κ3) is 2.34. The quantitative estimate of drug-likeness (QED) is 0.885. The van der Waals surface area contributed by atoms with Gasteiger partial charge in [-0.05, 0) is 37.3 Å². The van der Waals surface area contributed by atoms with E-state index in [4.69, 9.17) is 0 Å². The highest BCUT2D eigenvalue weighted by molar-refractivity contribution is 5.31. The van der Waals surface area contributed by atoms with Crippen molar-refractivity contribution in [1.82, 2.24) is 15.3 Å². The first-order chi connectivity index (χ1) is 8.84. The van der Waals surface area contributed by atoms with Crippen LogP contribution in [0.5, 0.6) is 0 Å². The molecule has 1 unspecified atom stereocenters. The fraction of sp³-hybridized carbons (Fsp3) is 0.714. The molecule has 0 aromatic carbocycles. The van der Waals surface area contributed by atoms with Crippen molar-refractivity contribution >= 4 is 5.95 Å². The first-order valence-corrected chi connectivity index (χ1v) is 7.10. The lowest BCUT2D eigenvalue weighted by Crippen LogP contribution is -2.34. The minimum Gasteiger partial charge on any atom is -0.340 e. The Balaban J connectivity index is 1.69. The molecule has 2 aliphatic rings. The Hall–Kier alpha value is -1.16. The number of likely N-dealkylation sites (N-methyl/N-ethyl adjacent to an activating group) is 1. The molecule has 0 spiro atoms. The predicted octanol–water partition coefficient (Wildman–Crippen LogP) is 1.93. The fourth-order valence-electron chi connectivity index (χ4n) is 3.12. The smallest absolute Gasteiger partial charge is 0.225 e. The molecule has 4 heteroatoms. The first kappa shape index (κ1) is 11.9. The maximum atomic E-state index is 4.55. The zero-order valence-corrected chi connectivity index (χ0v) is 11.1. The standard InChI is InChI=1S/C14H22N4/c1-18(13-6-7-15-10-13)14-16-8-12(9-17-14)11-4-2-3-5-11/h8-9,11,13,15H,2-7,10H2,1H3. The summed E-state index contributed by atoms with van der Waals surface area (Å²) in [5.41, 5.74) is 1.33. The van der Waals surface area contributed by atoms with Gasteiger partial charge in [0.1, 0.15) is 0 Å². The Morgan fingerprint density at radius 1 is 1.17 bits per heavy atom. The van der Waals surface area contributed by atoms with Crippen molar-refractivity contribution in [1.29, 1.82) is 0 Å². The van der Waals surface area contributed by atoms with Crippen LogP contribution in [-0.4, -0.2) is 36.1 Å². The fourth-order valence-corrected chi connectivity index (χ4v) is 3.12. The lowest BCUT2D eigenvalue weighted by Gasteiger charge is -2.23.